The van der Waals surface area contributed by atoms with Crippen molar-refractivity contribution in [3.05, 3.63) is 17.5 Å². The average molecular weight is 304 g/mol. The second-order valence-corrected chi connectivity index (χ2v) is 7.31. The zero-order chi connectivity index (χ0) is 16.1. The molecule has 6 heteroatoms. The van der Waals surface area contributed by atoms with Gasteiger partial charge in [0.1, 0.15) is 5.69 Å². The minimum Gasteiger partial charge on any atom is -0.273 e. The SMILES string of the molecule is Cn1nc(C(C)(C)C)cc1C(=O)N1CCCN1C(=O)C1CC1. The third-order valence-electron chi connectivity index (χ3n) is 4.31. The number of carbonyl (C=O) groups is 2. The van der Waals surface area contributed by atoms with E-state index in [1.54, 1.807) is 21.7 Å². The summed E-state index contributed by atoms with van der Waals surface area (Å²) in [6.45, 7) is 7.46. The molecule has 2 heterocycles. The van der Waals surface area contributed by atoms with Gasteiger partial charge in [0.05, 0.1) is 5.69 Å². The third kappa shape index (κ3) is 2.62. The summed E-state index contributed by atoms with van der Waals surface area (Å²) >= 11 is 0. The van der Waals surface area contributed by atoms with Gasteiger partial charge in [-0.2, -0.15) is 5.10 Å². The normalized spacial score (nSPS) is 18.9. The van der Waals surface area contributed by atoms with E-state index >= 15 is 0 Å². The molecular weight excluding hydrogens is 280 g/mol. The van der Waals surface area contributed by atoms with Crippen molar-refractivity contribution in [2.75, 3.05) is 13.1 Å². The highest BCUT2D eigenvalue weighted by Gasteiger charge is 2.40. The zero-order valence-corrected chi connectivity index (χ0v) is 13.8. The lowest BCUT2D eigenvalue weighted by molar-refractivity contribution is -0.142. The molecule has 3 rings (SSSR count). The van der Waals surface area contributed by atoms with Crippen molar-refractivity contribution in [2.24, 2.45) is 13.0 Å². The molecular formula is C16H24N4O2. The van der Waals surface area contributed by atoms with Crippen molar-refractivity contribution < 1.29 is 9.59 Å². The number of rotatable bonds is 2. The predicted octanol–water partition coefficient (Wildman–Crippen LogP) is 1.72. The fourth-order valence-electron chi connectivity index (χ4n) is 2.76. The lowest BCUT2D eigenvalue weighted by Gasteiger charge is -2.27. The number of hydrogen-bond acceptors (Lipinski definition) is 3. The second kappa shape index (κ2) is 5.11. The molecule has 22 heavy (non-hydrogen) atoms. The molecule has 0 spiro atoms. The van der Waals surface area contributed by atoms with Crippen LogP contribution in [-0.2, 0) is 17.3 Å². The highest BCUT2D eigenvalue weighted by Crippen LogP contribution is 2.33. The van der Waals surface area contributed by atoms with Gasteiger partial charge in [-0.05, 0) is 25.3 Å². The molecule has 1 aromatic rings. The Morgan fingerprint density at radius 1 is 1.18 bits per heavy atom. The van der Waals surface area contributed by atoms with Crippen molar-refractivity contribution in [2.45, 2.75) is 45.4 Å². The van der Waals surface area contributed by atoms with Crippen LogP contribution in [0.25, 0.3) is 0 Å². The number of nitrogens with zero attached hydrogens (tertiary/aromatic N) is 4. The van der Waals surface area contributed by atoms with E-state index in [0.717, 1.165) is 25.0 Å². The molecule has 0 bridgehead atoms. The Balaban J connectivity index is 1.84. The van der Waals surface area contributed by atoms with Crippen molar-refractivity contribution in [3.8, 4) is 0 Å². The smallest absolute Gasteiger partial charge is 0.273 e. The minimum absolute atomic E-state index is 0.101. The highest BCUT2D eigenvalue weighted by atomic mass is 16.2. The Bertz CT molecular complexity index is 610. The van der Waals surface area contributed by atoms with Crippen LogP contribution < -0.4 is 0 Å². The standard InChI is InChI=1S/C16H24N4O2/c1-16(2,3)13-10-12(18(4)17-13)15(22)20-9-5-8-19(20)14(21)11-6-7-11/h10-11H,5-9H2,1-4H3. The first-order valence-corrected chi connectivity index (χ1v) is 7.96. The topological polar surface area (TPSA) is 58.4 Å². The molecule has 0 N–H and O–H groups in total. The number of aryl methyl sites for hydroxylation is 1. The van der Waals surface area contributed by atoms with Crippen molar-refractivity contribution in [1.82, 2.24) is 19.8 Å². The summed E-state index contributed by atoms with van der Waals surface area (Å²) in [7, 11) is 1.78. The van der Waals surface area contributed by atoms with Gasteiger partial charge in [0.25, 0.3) is 5.91 Å². The van der Waals surface area contributed by atoms with E-state index in [9.17, 15) is 9.59 Å². The van der Waals surface area contributed by atoms with Crippen LogP contribution in [0.4, 0.5) is 0 Å². The van der Waals surface area contributed by atoms with Crippen LogP contribution in [0, 0.1) is 5.92 Å². The molecule has 2 fully saturated rings. The molecule has 120 valence electrons. The van der Waals surface area contributed by atoms with E-state index in [1.165, 1.54) is 0 Å². The van der Waals surface area contributed by atoms with Crippen LogP contribution >= 0.6 is 0 Å². The first-order valence-electron chi connectivity index (χ1n) is 7.96. The number of amides is 2. The molecule has 0 aromatic carbocycles. The van der Waals surface area contributed by atoms with E-state index < -0.39 is 0 Å². The van der Waals surface area contributed by atoms with Crippen LogP contribution in [-0.4, -0.2) is 44.7 Å². The lowest BCUT2D eigenvalue weighted by atomic mass is 9.92. The van der Waals surface area contributed by atoms with Crippen molar-refractivity contribution in [1.29, 1.82) is 0 Å². The number of carbonyl (C=O) groups excluding carboxylic acids is 2. The Labute approximate surface area is 131 Å². The molecule has 1 saturated carbocycles. The zero-order valence-electron chi connectivity index (χ0n) is 13.8. The highest BCUT2D eigenvalue weighted by molar-refractivity contribution is 5.95. The van der Waals surface area contributed by atoms with Crippen LogP contribution in [0.15, 0.2) is 6.07 Å². The van der Waals surface area contributed by atoms with E-state index in [2.05, 4.69) is 25.9 Å². The van der Waals surface area contributed by atoms with Gasteiger partial charge >= 0.3 is 0 Å². The van der Waals surface area contributed by atoms with Gasteiger partial charge in [-0.3, -0.25) is 19.3 Å². The summed E-state index contributed by atoms with van der Waals surface area (Å²) in [5, 5.41) is 7.70. The summed E-state index contributed by atoms with van der Waals surface area (Å²) in [4.78, 5) is 25.1. The van der Waals surface area contributed by atoms with Gasteiger partial charge in [0, 0.05) is 31.5 Å². The summed E-state index contributed by atoms with van der Waals surface area (Å²) in [5.41, 5.74) is 1.32. The minimum atomic E-state index is -0.128. The Morgan fingerprint density at radius 3 is 2.36 bits per heavy atom. The van der Waals surface area contributed by atoms with Gasteiger partial charge < -0.3 is 0 Å². The lowest BCUT2D eigenvalue weighted by Crippen LogP contribution is -2.46. The summed E-state index contributed by atoms with van der Waals surface area (Å²) in [5.74, 6) is 0.103. The molecule has 0 unspecified atom stereocenters. The molecule has 1 aliphatic carbocycles. The Kier molecular flexibility index (Phi) is 3.50. The van der Waals surface area contributed by atoms with E-state index in [4.69, 9.17) is 0 Å². The second-order valence-electron chi connectivity index (χ2n) is 7.31. The molecule has 1 saturated heterocycles. The first kappa shape index (κ1) is 15.1. The fourth-order valence-corrected chi connectivity index (χ4v) is 2.76. The summed E-state index contributed by atoms with van der Waals surface area (Å²) < 4.78 is 1.63. The van der Waals surface area contributed by atoms with Crippen LogP contribution in [0.3, 0.4) is 0 Å². The van der Waals surface area contributed by atoms with Gasteiger partial charge in [-0.1, -0.05) is 20.8 Å². The van der Waals surface area contributed by atoms with Crippen molar-refractivity contribution >= 4 is 11.8 Å². The number of aromatic nitrogens is 2. The molecule has 6 nitrogen and oxygen atoms in total. The van der Waals surface area contributed by atoms with Crippen LogP contribution in [0.2, 0.25) is 0 Å². The van der Waals surface area contributed by atoms with E-state index in [1.807, 2.05) is 6.07 Å². The fraction of sp³-hybridized carbons (Fsp3) is 0.688. The van der Waals surface area contributed by atoms with Crippen molar-refractivity contribution in [3.63, 3.8) is 0 Å². The van der Waals surface area contributed by atoms with E-state index in [-0.39, 0.29) is 23.1 Å². The first-order chi connectivity index (χ1) is 10.3. The molecule has 0 radical (unpaired) electrons. The third-order valence-corrected chi connectivity index (χ3v) is 4.31. The molecule has 2 aliphatic rings. The Morgan fingerprint density at radius 2 is 1.82 bits per heavy atom. The maximum atomic E-state index is 12.8. The summed E-state index contributed by atoms with van der Waals surface area (Å²) in [6.07, 6.45) is 2.75. The molecule has 2 amide bonds. The van der Waals surface area contributed by atoms with Crippen LogP contribution in [0.1, 0.15) is 56.2 Å². The van der Waals surface area contributed by atoms with Crippen LogP contribution in [0.5, 0.6) is 0 Å². The number of hydrogen-bond donors (Lipinski definition) is 0. The maximum absolute atomic E-state index is 12.8. The summed E-state index contributed by atoms with van der Waals surface area (Å²) in [6, 6.07) is 1.85. The van der Waals surface area contributed by atoms with Gasteiger partial charge in [-0.25, -0.2) is 5.01 Å². The molecule has 1 aliphatic heterocycles. The van der Waals surface area contributed by atoms with Gasteiger partial charge in [-0.15, -0.1) is 0 Å². The van der Waals surface area contributed by atoms with Gasteiger partial charge in [0.2, 0.25) is 5.91 Å². The largest absolute Gasteiger partial charge is 0.290 e. The average Bonchev–Trinajstić information content (AvgIpc) is 3.03. The maximum Gasteiger partial charge on any atom is 0.290 e. The molecule has 0 atom stereocenters. The van der Waals surface area contributed by atoms with Gasteiger partial charge in [0.15, 0.2) is 0 Å². The Hall–Kier alpha value is -1.85. The predicted molar refractivity (Wildman–Crippen MR) is 82.0 cm³/mol. The quantitative estimate of drug-likeness (QED) is 0.836. The van der Waals surface area contributed by atoms with E-state index in [0.29, 0.717) is 18.8 Å². The number of hydrazine groups is 1. The molecule has 1 aromatic heterocycles. The monoisotopic (exact) mass is 304 g/mol.